The van der Waals surface area contributed by atoms with Crippen molar-refractivity contribution in [2.75, 3.05) is 20.2 Å². The second-order valence-electron chi connectivity index (χ2n) is 6.35. The number of nitrogens with one attached hydrogen (secondary N) is 2. The first-order chi connectivity index (χ1) is 12.7. The van der Waals surface area contributed by atoms with E-state index in [-0.39, 0.29) is 24.0 Å². The minimum absolute atomic E-state index is 0. The van der Waals surface area contributed by atoms with Crippen molar-refractivity contribution in [2.45, 2.75) is 19.8 Å². The topological polar surface area (TPSA) is 75.4 Å². The van der Waals surface area contributed by atoms with Crippen LogP contribution in [0, 0.1) is 6.92 Å². The van der Waals surface area contributed by atoms with Crippen LogP contribution in [0.5, 0.6) is 5.75 Å². The summed E-state index contributed by atoms with van der Waals surface area (Å²) in [7, 11) is 1.67. The molecule has 4 N–H and O–H groups in total. The van der Waals surface area contributed by atoms with Gasteiger partial charge in [-0.05, 0) is 54.7 Å². The fourth-order valence-corrected chi connectivity index (χ4v) is 3.13. The molecule has 0 radical (unpaired) electrons. The van der Waals surface area contributed by atoms with Gasteiger partial charge in [0.05, 0.1) is 7.11 Å². The molecule has 2 aromatic carbocycles. The number of guanidine groups is 1. The molecule has 0 bridgehead atoms. The van der Waals surface area contributed by atoms with Crippen LogP contribution in [0.3, 0.4) is 0 Å². The molecule has 27 heavy (non-hydrogen) atoms. The standard InChI is InChI=1S/C21H26N4O.HI/c1-15-4-3-5-19-20(15)17(14-25-19)11-13-24-21(22)23-12-10-16-6-8-18(26-2)9-7-16;/h3-9,14,25H,10-13H2,1-2H3,(H3,22,23,24);1H. The molecule has 0 aliphatic carbocycles. The average molecular weight is 478 g/mol. The number of benzene rings is 2. The van der Waals surface area contributed by atoms with E-state index < -0.39 is 0 Å². The number of ether oxygens (including phenoxy) is 1. The van der Waals surface area contributed by atoms with Gasteiger partial charge in [-0.15, -0.1) is 24.0 Å². The van der Waals surface area contributed by atoms with E-state index in [1.165, 1.54) is 27.6 Å². The Morgan fingerprint density at radius 1 is 1.15 bits per heavy atom. The molecule has 3 aromatic rings. The monoisotopic (exact) mass is 478 g/mol. The Morgan fingerprint density at radius 3 is 2.67 bits per heavy atom. The van der Waals surface area contributed by atoms with Crippen LogP contribution in [0.2, 0.25) is 0 Å². The third-order valence-corrected chi connectivity index (χ3v) is 4.54. The van der Waals surface area contributed by atoms with Gasteiger partial charge in [-0.2, -0.15) is 0 Å². The highest BCUT2D eigenvalue weighted by Crippen LogP contribution is 2.22. The SMILES string of the molecule is COc1ccc(CCNC(N)=NCCc2c[nH]c3cccc(C)c23)cc1.I. The highest BCUT2D eigenvalue weighted by Gasteiger charge is 2.05. The second-order valence-corrected chi connectivity index (χ2v) is 6.35. The van der Waals surface area contributed by atoms with Crippen molar-refractivity contribution in [3.63, 3.8) is 0 Å². The molecule has 3 rings (SSSR count). The fraction of sp³-hybridized carbons (Fsp3) is 0.286. The molecule has 1 heterocycles. The molecule has 144 valence electrons. The van der Waals surface area contributed by atoms with Crippen LogP contribution in [0.25, 0.3) is 10.9 Å². The van der Waals surface area contributed by atoms with E-state index in [9.17, 15) is 0 Å². The number of nitrogens with two attached hydrogens (primary N) is 1. The molecule has 0 saturated carbocycles. The van der Waals surface area contributed by atoms with Crippen molar-refractivity contribution in [3.8, 4) is 5.75 Å². The van der Waals surface area contributed by atoms with Gasteiger partial charge in [0.1, 0.15) is 5.75 Å². The molecule has 0 saturated heterocycles. The van der Waals surface area contributed by atoms with E-state index in [1.807, 2.05) is 12.1 Å². The number of aromatic nitrogens is 1. The molecule has 1 aromatic heterocycles. The Balaban J connectivity index is 0.00000261. The minimum atomic E-state index is 0. The minimum Gasteiger partial charge on any atom is -0.497 e. The molecule has 0 aliphatic rings. The summed E-state index contributed by atoms with van der Waals surface area (Å²) in [6.07, 6.45) is 3.83. The lowest BCUT2D eigenvalue weighted by atomic mass is 10.1. The quantitative estimate of drug-likeness (QED) is 0.275. The summed E-state index contributed by atoms with van der Waals surface area (Å²) >= 11 is 0. The van der Waals surface area contributed by atoms with Gasteiger partial charge in [-0.25, -0.2) is 0 Å². The second kappa shape index (κ2) is 10.2. The first-order valence-corrected chi connectivity index (χ1v) is 8.89. The van der Waals surface area contributed by atoms with Gasteiger partial charge in [0.15, 0.2) is 5.96 Å². The summed E-state index contributed by atoms with van der Waals surface area (Å²) < 4.78 is 5.16. The predicted molar refractivity (Wildman–Crippen MR) is 123 cm³/mol. The van der Waals surface area contributed by atoms with Gasteiger partial charge in [0.2, 0.25) is 0 Å². The lowest BCUT2D eigenvalue weighted by Crippen LogP contribution is -2.33. The van der Waals surface area contributed by atoms with Gasteiger partial charge in [-0.1, -0.05) is 24.3 Å². The van der Waals surface area contributed by atoms with Gasteiger partial charge >= 0.3 is 0 Å². The predicted octanol–water partition coefficient (Wildman–Crippen LogP) is 3.79. The molecule has 0 spiro atoms. The van der Waals surface area contributed by atoms with E-state index >= 15 is 0 Å². The van der Waals surface area contributed by atoms with Gasteiger partial charge in [0.25, 0.3) is 0 Å². The summed E-state index contributed by atoms with van der Waals surface area (Å²) in [5.41, 5.74) is 11.0. The maximum atomic E-state index is 5.98. The number of methoxy groups -OCH3 is 1. The summed E-state index contributed by atoms with van der Waals surface area (Å²) in [6, 6.07) is 14.4. The number of nitrogens with zero attached hydrogens (tertiary/aromatic N) is 1. The van der Waals surface area contributed by atoms with Crippen molar-refractivity contribution in [3.05, 3.63) is 65.4 Å². The normalized spacial score (nSPS) is 11.3. The molecule has 0 aliphatic heterocycles. The van der Waals surface area contributed by atoms with E-state index in [0.29, 0.717) is 12.5 Å². The summed E-state index contributed by atoms with van der Waals surface area (Å²) in [5, 5.41) is 4.48. The number of hydrogen-bond acceptors (Lipinski definition) is 2. The van der Waals surface area contributed by atoms with Crippen molar-refractivity contribution >= 4 is 40.8 Å². The molecule has 0 fully saturated rings. The van der Waals surface area contributed by atoms with E-state index in [4.69, 9.17) is 10.5 Å². The number of hydrogen-bond donors (Lipinski definition) is 3. The van der Waals surface area contributed by atoms with E-state index in [2.05, 4.69) is 58.7 Å². The van der Waals surface area contributed by atoms with E-state index in [0.717, 1.165) is 25.1 Å². The van der Waals surface area contributed by atoms with Crippen molar-refractivity contribution < 1.29 is 4.74 Å². The van der Waals surface area contributed by atoms with Crippen molar-refractivity contribution in [2.24, 2.45) is 10.7 Å². The van der Waals surface area contributed by atoms with Crippen LogP contribution in [0.15, 0.2) is 53.7 Å². The smallest absolute Gasteiger partial charge is 0.188 e. The maximum Gasteiger partial charge on any atom is 0.188 e. The Hall–Kier alpha value is -2.22. The van der Waals surface area contributed by atoms with Crippen molar-refractivity contribution in [1.29, 1.82) is 0 Å². The maximum absolute atomic E-state index is 5.98. The summed E-state index contributed by atoms with van der Waals surface area (Å²) in [6.45, 7) is 3.56. The molecule has 0 amide bonds. The Bertz CT molecular complexity index is 887. The lowest BCUT2D eigenvalue weighted by Gasteiger charge is -2.07. The van der Waals surface area contributed by atoms with Crippen LogP contribution in [0.4, 0.5) is 0 Å². The number of fused-ring (bicyclic) bond motifs is 1. The molecular formula is C21H27IN4O. The van der Waals surface area contributed by atoms with E-state index in [1.54, 1.807) is 7.11 Å². The third-order valence-electron chi connectivity index (χ3n) is 4.54. The number of aliphatic imine (C=N–C) groups is 1. The van der Waals surface area contributed by atoms with Crippen LogP contribution in [-0.2, 0) is 12.8 Å². The van der Waals surface area contributed by atoms with Crippen LogP contribution >= 0.6 is 24.0 Å². The largest absolute Gasteiger partial charge is 0.497 e. The zero-order valence-corrected chi connectivity index (χ0v) is 18.1. The zero-order chi connectivity index (χ0) is 18.4. The zero-order valence-electron chi connectivity index (χ0n) is 15.8. The number of rotatable bonds is 7. The van der Waals surface area contributed by atoms with Crippen LogP contribution in [0.1, 0.15) is 16.7 Å². The van der Waals surface area contributed by atoms with Crippen molar-refractivity contribution in [1.82, 2.24) is 10.3 Å². The first-order valence-electron chi connectivity index (χ1n) is 8.89. The summed E-state index contributed by atoms with van der Waals surface area (Å²) in [5.74, 6) is 1.37. The Kier molecular flexibility index (Phi) is 7.97. The molecule has 6 heteroatoms. The van der Waals surface area contributed by atoms with Gasteiger partial charge in [-0.3, -0.25) is 4.99 Å². The Morgan fingerprint density at radius 2 is 1.93 bits per heavy atom. The molecular weight excluding hydrogens is 451 g/mol. The highest BCUT2D eigenvalue weighted by molar-refractivity contribution is 14.0. The fourth-order valence-electron chi connectivity index (χ4n) is 3.13. The number of aryl methyl sites for hydroxylation is 1. The molecule has 0 unspecified atom stereocenters. The number of halogens is 1. The average Bonchev–Trinajstić information content (AvgIpc) is 3.07. The molecule has 5 nitrogen and oxygen atoms in total. The number of aromatic amines is 1. The number of H-pyrrole nitrogens is 1. The van der Waals surface area contributed by atoms with Crippen LogP contribution < -0.4 is 15.8 Å². The first kappa shape index (κ1) is 21.1. The lowest BCUT2D eigenvalue weighted by molar-refractivity contribution is 0.414. The summed E-state index contributed by atoms with van der Waals surface area (Å²) in [4.78, 5) is 7.77. The van der Waals surface area contributed by atoms with Gasteiger partial charge < -0.3 is 20.8 Å². The molecule has 0 atom stereocenters. The van der Waals surface area contributed by atoms with Gasteiger partial charge in [0, 0.05) is 30.2 Å². The van der Waals surface area contributed by atoms with Crippen LogP contribution in [-0.4, -0.2) is 31.1 Å². The Labute approximate surface area is 177 Å². The third kappa shape index (κ3) is 5.63. The highest BCUT2D eigenvalue weighted by atomic mass is 127.